The average Bonchev–Trinajstić information content (AvgIpc) is 3.31. The van der Waals surface area contributed by atoms with Crippen molar-refractivity contribution in [3.05, 3.63) is 252 Å². The molecule has 0 aliphatic carbocycles. The minimum absolute atomic E-state index is 1.09. The maximum atomic E-state index is 3.51. The number of hydrogen-bond acceptors (Lipinski definition) is 2. The molecule has 0 aliphatic heterocycles. The molecule has 0 amide bonds. The van der Waals surface area contributed by atoms with Gasteiger partial charge in [0, 0.05) is 42.5 Å². The van der Waals surface area contributed by atoms with Gasteiger partial charge in [-0.1, -0.05) is 190 Å². The van der Waals surface area contributed by atoms with E-state index in [9.17, 15) is 0 Å². The van der Waals surface area contributed by atoms with Crippen LogP contribution in [0.3, 0.4) is 0 Å². The van der Waals surface area contributed by atoms with Gasteiger partial charge in [-0.25, -0.2) is 0 Å². The van der Waals surface area contributed by atoms with Crippen LogP contribution in [0.25, 0.3) is 43.8 Å². The lowest BCUT2D eigenvalue weighted by Gasteiger charge is -2.27. The predicted molar refractivity (Wildman–Crippen MR) is 264 cm³/mol. The number of para-hydroxylation sites is 2. The Hall–Kier alpha value is -6.72. The second kappa shape index (κ2) is 18.0. The first kappa shape index (κ1) is 38.8. The quantitative estimate of drug-likeness (QED) is 0.150. The molecule has 4 heteroatoms. The molecule has 0 aromatic heterocycles. The number of halogens is 2. The Morgan fingerprint density at radius 2 is 0.517 bits per heavy atom. The molecule has 2 nitrogen and oxygen atoms in total. The Morgan fingerprint density at radius 1 is 0.233 bits per heavy atom. The molecule has 0 bridgehead atoms. The summed E-state index contributed by atoms with van der Waals surface area (Å²) in [6.45, 7) is 0. The van der Waals surface area contributed by atoms with Crippen LogP contribution < -0.4 is 9.80 Å². The summed E-state index contributed by atoms with van der Waals surface area (Å²) in [6, 6.07) is 85.6. The van der Waals surface area contributed by atoms with E-state index in [2.05, 4.69) is 284 Å². The van der Waals surface area contributed by atoms with Gasteiger partial charge in [0.05, 0.1) is 11.4 Å². The minimum atomic E-state index is 1.09. The molecule has 0 spiro atoms. The molecule has 0 saturated heterocycles. The van der Waals surface area contributed by atoms with Gasteiger partial charge in [-0.15, -0.1) is 0 Å². The molecule has 10 aromatic carbocycles. The first-order chi connectivity index (χ1) is 29.6. The van der Waals surface area contributed by atoms with Gasteiger partial charge < -0.3 is 9.80 Å². The van der Waals surface area contributed by atoms with Crippen molar-refractivity contribution < 1.29 is 0 Å². The maximum absolute atomic E-state index is 3.51. The molecule has 288 valence electrons. The smallest absolute Gasteiger partial charge is 0.0540 e. The summed E-state index contributed by atoms with van der Waals surface area (Å²) in [5.41, 5.74) is 11.7. The van der Waals surface area contributed by atoms with E-state index in [4.69, 9.17) is 0 Å². The molecule has 0 N–H and O–H groups in total. The Morgan fingerprint density at radius 3 is 0.883 bits per heavy atom. The molecule has 0 fully saturated rings. The highest BCUT2D eigenvalue weighted by Crippen LogP contribution is 2.41. The molecular formula is C56H40Br2N2. The Balaban J connectivity index is 0.000000154. The Kier molecular flexibility index (Phi) is 11.7. The van der Waals surface area contributed by atoms with Crippen molar-refractivity contribution in [3.8, 4) is 22.3 Å². The lowest BCUT2D eigenvalue weighted by atomic mass is 10.0. The van der Waals surface area contributed by atoms with Crippen molar-refractivity contribution >= 4 is 87.5 Å². The van der Waals surface area contributed by atoms with Crippen molar-refractivity contribution in [2.24, 2.45) is 0 Å². The predicted octanol–water partition coefficient (Wildman–Crippen LogP) is 17.5. The van der Waals surface area contributed by atoms with Crippen molar-refractivity contribution in [2.45, 2.75) is 0 Å². The lowest BCUT2D eigenvalue weighted by Crippen LogP contribution is -2.10. The van der Waals surface area contributed by atoms with Gasteiger partial charge in [-0.3, -0.25) is 0 Å². The second-order valence-electron chi connectivity index (χ2n) is 14.4. The first-order valence-corrected chi connectivity index (χ1v) is 21.6. The van der Waals surface area contributed by atoms with E-state index in [-0.39, 0.29) is 0 Å². The van der Waals surface area contributed by atoms with Gasteiger partial charge >= 0.3 is 0 Å². The molecule has 0 unspecified atom stereocenters. The van der Waals surface area contributed by atoms with E-state index in [1.807, 2.05) is 0 Å². The molecule has 10 aromatic rings. The fourth-order valence-electron chi connectivity index (χ4n) is 7.71. The molecular weight excluding hydrogens is 860 g/mol. The van der Waals surface area contributed by atoms with E-state index < -0.39 is 0 Å². The monoisotopic (exact) mass is 898 g/mol. The SMILES string of the molecule is Brc1ccc(-c2ccc(N(c3ccccc3)c3cccc4ccccc34)cc2)cc1.Brc1ccc(-c2ccc(N(c3ccccc3)c3cccc4ccccc34)cc2)cc1. The molecule has 0 saturated carbocycles. The van der Waals surface area contributed by atoms with E-state index in [1.165, 1.54) is 55.2 Å². The zero-order valence-electron chi connectivity index (χ0n) is 32.7. The summed E-state index contributed by atoms with van der Waals surface area (Å²) in [5, 5.41) is 4.95. The maximum Gasteiger partial charge on any atom is 0.0540 e. The first-order valence-electron chi connectivity index (χ1n) is 20.0. The fourth-order valence-corrected chi connectivity index (χ4v) is 8.23. The van der Waals surface area contributed by atoms with E-state index in [1.54, 1.807) is 0 Å². The van der Waals surface area contributed by atoms with Crippen LogP contribution in [0.5, 0.6) is 0 Å². The summed E-state index contributed by atoms with van der Waals surface area (Å²) in [4.78, 5) is 4.65. The summed E-state index contributed by atoms with van der Waals surface area (Å²) in [7, 11) is 0. The number of hydrogen-bond donors (Lipinski definition) is 0. The lowest BCUT2D eigenvalue weighted by molar-refractivity contribution is 1.30. The summed E-state index contributed by atoms with van der Waals surface area (Å²) in [6.07, 6.45) is 0. The number of anilines is 6. The van der Waals surface area contributed by atoms with Gasteiger partial charge in [0.1, 0.15) is 0 Å². The topological polar surface area (TPSA) is 6.48 Å². The third-order valence-electron chi connectivity index (χ3n) is 10.6. The van der Waals surface area contributed by atoms with Crippen LogP contribution in [0.4, 0.5) is 34.1 Å². The minimum Gasteiger partial charge on any atom is -0.310 e. The van der Waals surface area contributed by atoms with Crippen molar-refractivity contribution in [1.29, 1.82) is 0 Å². The van der Waals surface area contributed by atoms with Gasteiger partial charge in [0.25, 0.3) is 0 Å². The number of fused-ring (bicyclic) bond motifs is 2. The van der Waals surface area contributed by atoms with Crippen molar-refractivity contribution in [1.82, 2.24) is 0 Å². The van der Waals surface area contributed by atoms with E-state index >= 15 is 0 Å². The molecule has 10 rings (SSSR count). The molecule has 0 aliphatic rings. The highest BCUT2D eigenvalue weighted by molar-refractivity contribution is 9.10. The summed E-state index contributed by atoms with van der Waals surface area (Å²) >= 11 is 7.03. The van der Waals surface area contributed by atoms with Crippen LogP contribution in [-0.4, -0.2) is 0 Å². The molecule has 60 heavy (non-hydrogen) atoms. The highest BCUT2D eigenvalue weighted by Gasteiger charge is 2.16. The third-order valence-corrected chi connectivity index (χ3v) is 11.7. The van der Waals surface area contributed by atoms with Gasteiger partial charge in [-0.2, -0.15) is 0 Å². The number of nitrogens with zero attached hydrogens (tertiary/aromatic N) is 2. The average molecular weight is 901 g/mol. The standard InChI is InChI=1S/2C28H20BrN/c2*29-24-17-13-21(14-18-24)22-15-19-26(20-16-22)30(25-9-2-1-3-10-25)28-12-6-8-23-7-4-5-11-27(23)28/h2*1-20H. The van der Waals surface area contributed by atoms with Gasteiger partial charge in [0.2, 0.25) is 0 Å². The Bertz CT molecular complexity index is 2750. The normalized spacial score (nSPS) is 10.8. The number of benzene rings is 10. The third kappa shape index (κ3) is 8.53. The van der Waals surface area contributed by atoms with Crippen molar-refractivity contribution in [2.75, 3.05) is 9.80 Å². The summed E-state index contributed by atoms with van der Waals surface area (Å²) in [5.74, 6) is 0. The molecule has 0 heterocycles. The molecule has 0 radical (unpaired) electrons. The highest BCUT2D eigenvalue weighted by atomic mass is 79.9. The van der Waals surface area contributed by atoms with E-state index in [0.717, 1.165) is 31.7 Å². The van der Waals surface area contributed by atoms with Crippen LogP contribution in [0.1, 0.15) is 0 Å². The summed E-state index contributed by atoms with van der Waals surface area (Å²) < 4.78 is 2.18. The van der Waals surface area contributed by atoms with Crippen LogP contribution in [0.15, 0.2) is 252 Å². The van der Waals surface area contributed by atoms with Crippen LogP contribution in [0, 0.1) is 0 Å². The van der Waals surface area contributed by atoms with Crippen LogP contribution >= 0.6 is 31.9 Å². The molecule has 0 atom stereocenters. The van der Waals surface area contributed by atoms with Crippen molar-refractivity contribution in [3.63, 3.8) is 0 Å². The van der Waals surface area contributed by atoms with E-state index in [0.29, 0.717) is 0 Å². The zero-order valence-corrected chi connectivity index (χ0v) is 35.9. The fraction of sp³-hybridized carbons (Fsp3) is 0. The zero-order chi connectivity index (χ0) is 40.7. The second-order valence-corrected chi connectivity index (χ2v) is 16.3. The van der Waals surface area contributed by atoms with Crippen LogP contribution in [0.2, 0.25) is 0 Å². The number of rotatable bonds is 8. The largest absolute Gasteiger partial charge is 0.310 e. The van der Waals surface area contributed by atoms with Crippen LogP contribution in [-0.2, 0) is 0 Å². The Labute approximate surface area is 368 Å². The van der Waals surface area contributed by atoms with Gasteiger partial charge in [0.15, 0.2) is 0 Å². The van der Waals surface area contributed by atoms with Gasteiger partial charge in [-0.05, 0) is 118 Å².